The van der Waals surface area contributed by atoms with Crippen molar-refractivity contribution in [2.75, 3.05) is 0 Å². The Bertz CT molecular complexity index is 571. The van der Waals surface area contributed by atoms with Crippen molar-refractivity contribution in [2.45, 2.75) is 13.0 Å². The van der Waals surface area contributed by atoms with E-state index in [0.717, 1.165) is 5.56 Å². The van der Waals surface area contributed by atoms with E-state index in [-0.39, 0.29) is 12.1 Å². The fourth-order valence-electron chi connectivity index (χ4n) is 1.55. The van der Waals surface area contributed by atoms with Gasteiger partial charge < -0.3 is 5.73 Å². The molecule has 0 fully saturated rings. The topological polar surface area (TPSA) is 93.0 Å². The molecule has 0 aliphatic heterocycles. The lowest BCUT2D eigenvalue weighted by Crippen LogP contribution is -2.43. The van der Waals surface area contributed by atoms with Crippen LogP contribution in [0.15, 0.2) is 39.6 Å². The standard InChI is InChI=1S/C11H11N3O3/c12-10(15)6-9-11(16)17-13-14(9)7-8-4-2-1-3-5-8/h1-5H,6-7H2,(H2-,12,13,15,16)/p+1. The van der Waals surface area contributed by atoms with Crippen LogP contribution in [0.5, 0.6) is 0 Å². The predicted molar refractivity (Wildman–Crippen MR) is 58.0 cm³/mol. The van der Waals surface area contributed by atoms with Gasteiger partial charge in [0.2, 0.25) is 12.5 Å². The van der Waals surface area contributed by atoms with Crippen LogP contribution in [0.4, 0.5) is 0 Å². The van der Waals surface area contributed by atoms with E-state index in [1.807, 2.05) is 30.3 Å². The smallest absolute Gasteiger partial charge is 0.369 e. The number of carbonyl (C=O) groups is 1. The summed E-state index contributed by atoms with van der Waals surface area (Å²) in [6, 6.07) is 9.50. The fourth-order valence-corrected chi connectivity index (χ4v) is 1.55. The maximum absolute atomic E-state index is 11.3. The summed E-state index contributed by atoms with van der Waals surface area (Å²) in [5.74, 6) is -0.571. The number of nitrogens with one attached hydrogen (secondary N) is 1. The van der Waals surface area contributed by atoms with Crippen LogP contribution in [0.2, 0.25) is 0 Å². The zero-order valence-electron chi connectivity index (χ0n) is 9.05. The van der Waals surface area contributed by atoms with Crippen molar-refractivity contribution in [1.82, 2.24) is 5.27 Å². The zero-order valence-corrected chi connectivity index (χ0v) is 9.05. The van der Waals surface area contributed by atoms with Crippen molar-refractivity contribution in [1.29, 1.82) is 0 Å². The van der Waals surface area contributed by atoms with E-state index >= 15 is 0 Å². The maximum Gasteiger partial charge on any atom is 0.430 e. The molecule has 0 saturated carbocycles. The monoisotopic (exact) mass is 234 g/mol. The van der Waals surface area contributed by atoms with Crippen LogP contribution < -0.4 is 16.0 Å². The van der Waals surface area contributed by atoms with Gasteiger partial charge in [0, 0.05) is 5.56 Å². The van der Waals surface area contributed by atoms with Gasteiger partial charge in [-0.25, -0.2) is 4.79 Å². The summed E-state index contributed by atoms with van der Waals surface area (Å²) in [5, 5.41) is 2.45. The number of H-pyrrole nitrogens is 1. The van der Waals surface area contributed by atoms with Crippen molar-refractivity contribution < 1.29 is 14.0 Å². The van der Waals surface area contributed by atoms with Gasteiger partial charge in [0.1, 0.15) is 6.42 Å². The molecule has 0 unspecified atom stereocenters. The van der Waals surface area contributed by atoms with Gasteiger partial charge >= 0.3 is 11.3 Å². The molecule has 2 aromatic rings. The van der Waals surface area contributed by atoms with E-state index in [1.165, 1.54) is 4.68 Å². The molecule has 0 spiro atoms. The summed E-state index contributed by atoms with van der Waals surface area (Å²) >= 11 is 0. The Balaban J connectivity index is 2.27. The molecule has 2 rings (SSSR count). The second kappa shape index (κ2) is 4.65. The highest BCUT2D eigenvalue weighted by Crippen LogP contribution is 1.97. The normalized spacial score (nSPS) is 10.4. The number of hydrogen-bond donors (Lipinski definition) is 2. The number of nitrogens with two attached hydrogens (primary N) is 1. The summed E-state index contributed by atoms with van der Waals surface area (Å²) in [4.78, 5) is 22.2. The molecule has 0 aliphatic carbocycles. The lowest BCUT2D eigenvalue weighted by molar-refractivity contribution is -0.760. The molecular weight excluding hydrogens is 222 g/mol. The molecule has 0 aliphatic rings. The van der Waals surface area contributed by atoms with Crippen molar-refractivity contribution in [3.8, 4) is 0 Å². The van der Waals surface area contributed by atoms with Crippen LogP contribution >= 0.6 is 0 Å². The van der Waals surface area contributed by atoms with Crippen molar-refractivity contribution in [3.63, 3.8) is 0 Å². The Kier molecular flexibility index (Phi) is 3.04. The Morgan fingerprint density at radius 3 is 2.71 bits per heavy atom. The van der Waals surface area contributed by atoms with Crippen molar-refractivity contribution in [2.24, 2.45) is 5.73 Å². The van der Waals surface area contributed by atoms with Gasteiger partial charge in [-0.2, -0.15) is 0 Å². The van der Waals surface area contributed by atoms with E-state index in [1.54, 1.807) is 0 Å². The summed E-state index contributed by atoms with van der Waals surface area (Å²) < 4.78 is 6.12. The third kappa shape index (κ3) is 2.60. The van der Waals surface area contributed by atoms with Gasteiger partial charge in [-0.3, -0.25) is 9.32 Å². The minimum absolute atomic E-state index is 0.140. The molecular formula is C11H12N3O3+. The summed E-state index contributed by atoms with van der Waals surface area (Å²) in [6.45, 7) is 0.426. The Morgan fingerprint density at radius 2 is 2.06 bits per heavy atom. The van der Waals surface area contributed by atoms with E-state index < -0.39 is 11.5 Å². The molecule has 88 valence electrons. The number of benzene rings is 1. The lowest BCUT2D eigenvalue weighted by Gasteiger charge is -1.94. The Morgan fingerprint density at radius 1 is 1.35 bits per heavy atom. The van der Waals surface area contributed by atoms with Gasteiger partial charge in [0.25, 0.3) is 0 Å². The van der Waals surface area contributed by atoms with E-state index in [2.05, 4.69) is 9.79 Å². The van der Waals surface area contributed by atoms with Crippen molar-refractivity contribution in [3.05, 3.63) is 52.0 Å². The minimum atomic E-state index is -0.571. The summed E-state index contributed by atoms with van der Waals surface area (Å²) in [5.41, 5.74) is 5.71. The molecule has 6 nitrogen and oxygen atoms in total. The highest BCUT2D eigenvalue weighted by molar-refractivity contribution is 5.75. The van der Waals surface area contributed by atoms with Crippen LogP contribution in [0, 0.1) is 0 Å². The Hall–Kier alpha value is -2.37. The summed E-state index contributed by atoms with van der Waals surface area (Å²) in [7, 11) is 0. The average molecular weight is 234 g/mol. The second-order valence-corrected chi connectivity index (χ2v) is 3.64. The van der Waals surface area contributed by atoms with Crippen LogP contribution in [0.3, 0.4) is 0 Å². The molecule has 3 N–H and O–H groups in total. The number of nitrogens with zero attached hydrogens (tertiary/aromatic N) is 1. The highest BCUT2D eigenvalue weighted by atomic mass is 16.5. The molecule has 17 heavy (non-hydrogen) atoms. The second-order valence-electron chi connectivity index (χ2n) is 3.64. The molecule has 0 bridgehead atoms. The largest absolute Gasteiger partial charge is 0.430 e. The molecule has 1 aromatic heterocycles. The van der Waals surface area contributed by atoms with E-state index in [4.69, 9.17) is 5.73 Å². The molecule has 0 saturated heterocycles. The third-order valence-corrected chi connectivity index (χ3v) is 2.34. The zero-order chi connectivity index (χ0) is 12.3. The molecule has 1 amide bonds. The molecule has 0 radical (unpaired) electrons. The lowest BCUT2D eigenvalue weighted by atomic mass is 10.2. The number of aromatic amines is 1. The summed E-state index contributed by atoms with van der Waals surface area (Å²) in [6.07, 6.45) is -0.140. The fraction of sp³-hybridized carbons (Fsp3) is 0.182. The quantitative estimate of drug-likeness (QED) is 0.687. The van der Waals surface area contributed by atoms with Crippen LogP contribution in [0.25, 0.3) is 0 Å². The number of primary amides is 1. The van der Waals surface area contributed by atoms with Gasteiger partial charge in [0.05, 0.1) is 0 Å². The van der Waals surface area contributed by atoms with Gasteiger partial charge in [-0.15, -0.1) is 0 Å². The SMILES string of the molecule is NC(=O)Cc1c(=O)o[nH][n+]1Cc1ccccc1. The predicted octanol–water partition coefficient (Wildman–Crippen LogP) is -0.668. The van der Waals surface area contributed by atoms with Gasteiger partial charge in [-0.05, 0) is 5.27 Å². The average Bonchev–Trinajstić information content (AvgIpc) is 2.62. The number of carbonyl (C=O) groups excluding carboxylic acids is 1. The molecule has 1 heterocycles. The van der Waals surface area contributed by atoms with Crippen LogP contribution in [-0.2, 0) is 17.8 Å². The third-order valence-electron chi connectivity index (χ3n) is 2.34. The number of aromatic nitrogens is 2. The van der Waals surface area contributed by atoms with Crippen LogP contribution in [0.1, 0.15) is 11.3 Å². The van der Waals surface area contributed by atoms with Crippen molar-refractivity contribution >= 4 is 5.91 Å². The minimum Gasteiger partial charge on any atom is -0.369 e. The number of amides is 1. The van der Waals surface area contributed by atoms with Gasteiger partial charge in [0.15, 0.2) is 0 Å². The molecule has 1 aromatic carbocycles. The van der Waals surface area contributed by atoms with Gasteiger partial charge in [-0.1, -0.05) is 35.0 Å². The first-order valence-corrected chi connectivity index (χ1v) is 5.09. The molecule has 6 heteroatoms. The number of rotatable bonds is 4. The van der Waals surface area contributed by atoms with Crippen LogP contribution in [-0.4, -0.2) is 11.2 Å². The molecule has 0 atom stereocenters. The first-order valence-electron chi connectivity index (χ1n) is 5.09. The van der Waals surface area contributed by atoms with E-state index in [9.17, 15) is 9.59 Å². The highest BCUT2D eigenvalue weighted by Gasteiger charge is 2.22. The Labute approximate surface area is 96.6 Å². The number of hydrogen-bond acceptors (Lipinski definition) is 3. The van der Waals surface area contributed by atoms with E-state index in [0.29, 0.717) is 6.54 Å². The maximum atomic E-state index is 11.3. The first kappa shape index (κ1) is 11.1. The first-order chi connectivity index (χ1) is 8.16.